The minimum Gasteiger partial charge on any atom is -0.306 e. The van der Waals surface area contributed by atoms with Crippen LogP contribution in [0.3, 0.4) is 0 Å². The van der Waals surface area contributed by atoms with E-state index in [0.29, 0.717) is 17.5 Å². The van der Waals surface area contributed by atoms with E-state index in [0.717, 1.165) is 0 Å². The molecule has 1 aromatic heterocycles. The Morgan fingerprint density at radius 1 is 1.64 bits per heavy atom. The van der Waals surface area contributed by atoms with Gasteiger partial charge in [-0.05, 0) is 25.7 Å². The van der Waals surface area contributed by atoms with E-state index in [4.69, 9.17) is 0 Å². The van der Waals surface area contributed by atoms with Crippen LogP contribution in [0.1, 0.15) is 43.8 Å². The number of hydrogen-bond acceptors (Lipinski definition) is 3. The molecular formula is C11H18N2S. The van der Waals surface area contributed by atoms with Gasteiger partial charge in [0, 0.05) is 17.0 Å². The molecule has 1 aliphatic rings. The average Bonchev–Trinajstić information content (AvgIpc) is 2.53. The molecule has 0 bridgehead atoms. The highest BCUT2D eigenvalue weighted by molar-refractivity contribution is 7.09. The maximum Gasteiger partial charge on any atom is 0.0798 e. The fraction of sp³-hybridized carbons (Fsp3) is 0.727. The number of aromatic nitrogens is 1. The lowest BCUT2D eigenvalue weighted by Gasteiger charge is -2.14. The second-order valence-electron chi connectivity index (χ2n) is 4.94. The second-order valence-corrected chi connectivity index (χ2v) is 5.82. The number of aryl methyl sites for hydroxylation is 1. The molecule has 0 radical (unpaired) electrons. The summed E-state index contributed by atoms with van der Waals surface area (Å²) in [6.45, 7) is 8.95. The van der Waals surface area contributed by atoms with Crippen molar-refractivity contribution in [1.82, 2.24) is 10.3 Å². The third-order valence-electron chi connectivity index (χ3n) is 3.14. The largest absolute Gasteiger partial charge is 0.306 e. The van der Waals surface area contributed by atoms with Gasteiger partial charge >= 0.3 is 0 Å². The first kappa shape index (κ1) is 10.1. The molecule has 0 amide bonds. The molecule has 0 aromatic carbocycles. The summed E-state index contributed by atoms with van der Waals surface area (Å²) in [6.07, 6.45) is 1.30. The molecule has 0 saturated heterocycles. The molecule has 2 rings (SSSR count). The van der Waals surface area contributed by atoms with Crippen molar-refractivity contribution in [2.75, 3.05) is 0 Å². The van der Waals surface area contributed by atoms with Gasteiger partial charge in [-0.2, -0.15) is 0 Å². The summed E-state index contributed by atoms with van der Waals surface area (Å²) in [5.41, 5.74) is 3.61. The maximum absolute atomic E-state index is 4.28. The second kappa shape index (κ2) is 3.31. The monoisotopic (exact) mass is 210 g/mol. The van der Waals surface area contributed by atoms with Crippen molar-refractivity contribution in [3.63, 3.8) is 0 Å². The van der Waals surface area contributed by atoms with E-state index in [1.165, 1.54) is 17.0 Å². The first-order valence-electron chi connectivity index (χ1n) is 5.17. The van der Waals surface area contributed by atoms with Gasteiger partial charge in [0.1, 0.15) is 0 Å². The number of nitrogens with zero attached hydrogens (tertiary/aromatic N) is 1. The average molecular weight is 210 g/mol. The van der Waals surface area contributed by atoms with Crippen molar-refractivity contribution in [2.45, 2.75) is 46.2 Å². The zero-order valence-corrected chi connectivity index (χ0v) is 10.1. The van der Waals surface area contributed by atoms with Gasteiger partial charge < -0.3 is 5.32 Å². The van der Waals surface area contributed by atoms with E-state index in [-0.39, 0.29) is 0 Å². The van der Waals surface area contributed by atoms with Crippen molar-refractivity contribution in [2.24, 2.45) is 5.41 Å². The quantitative estimate of drug-likeness (QED) is 0.829. The highest BCUT2D eigenvalue weighted by Gasteiger charge is 2.46. The van der Waals surface area contributed by atoms with E-state index in [9.17, 15) is 0 Å². The van der Waals surface area contributed by atoms with Crippen LogP contribution in [-0.2, 0) is 0 Å². The fourth-order valence-electron chi connectivity index (χ4n) is 1.86. The Kier molecular flexibility index (Phi) is 2.40. The van der Waals surface area contributed by atoms with Crippen LogP contribution < -0.4 is 5.32 Å². The Balaban J connectivity index is 1.97. The van der Waals surface area contributed by atoms with Gasteiger partial charge in [0.05, 0.1) is 11.2 Å². The van der Waals surface area contributed by atoms with Crippen LogP contribution in [0, 0.1) is 12.3 Å². The predicted molar refractivity (Wildman–Crippen MR) is 60.6 cm³/mol. The highest BCUT2D eigenvalue weighted by Crippen LogP contribution is 2.45. The lowest BCUT2D eigenvalue weighted by molar-refractivity contribution is 0.494. The lowest BCUT2D eigenvalue weighted by atomic mass is 10.1. The van der Waals surface area contributed by atoms with Crippen LogP contribution in [0.15, 0.2) is 5.51 Å². The van der Waals surface area contributed by atoms with Crippen molar-refractivity contribution < 1.29 is 0 Å². The number of hydrogen-bond donors (Lipinski definition) is 1. The summed E-state index contributed by atoms with van der Waals surface area (Å²) in [4.78, 5) is 5.66. The summed E-state index contributed by atoms with van der Waals surface area (Å²) in [5, 5.41) is 3.66. The van der Waals surface area contributed by atoms with E-state index in [1.54, 1.807) is 11.3 Å². The Hall–Kier alpha value is -0.410. The molecule has 0 aliphatic heterocycles. The molecule has 1 saturated carbocycles. The first-order valence-corrected chi connectivity index (χ1v) is 6.05. The minimum atomic E-state index is 0.453. The van der Waals surface area contributed by atoms with Gasteiger partial charge in [-0.15, -0.1) is 11.3 Å². The van der Waals surface area contributed by atoms with E-state index in [1.807, 2.05) is 5.51 Å². The van der Waals surface area contributed by atoms with Crippen molar-refractivity contribution in [3.8, 4) is 0 Å². The summed E-state index contributed by atoms with van der Waals surface area (Å²) >= 11 is 1.75. The van der Waals surface area contributed by atoms with E-state index < -0.39 is 0 Å². The topological polar surface area (TPSA) is 24.9 Å². The Morgan fingerprint density at radius 3 is 2.71 bits per heavy atom. The van der Waals surface area contributed by atoms with Crippen molar-refractivity contribution in [1.29, 1.82) is 0 Å². The van der Waals surface area contributed by atoms with Crippen LogP contribution in [0.5, 0.6) is 0 Å². The van der Waals surface area contributed by atoms with Gasteiger partial charge in [-0.1, -0.05) is 13.8 Å². The predicted octanol–water partition coefficient (Wildman–Crippen LogP) is 2.90. The summed E-state index contributed by atoms with van der Waals surface area (Å²) < 4.78 is 0. The molecular weight excluding hydrogens is 192 g/mol. The SMILES string of the molecule is Cc1ncsc1C(C)NC1CC1(C)C. The van der Waals surface area contributed by atoms with Crippen LogP contribution in [0.4, 0.5) is 0 Å². The molecule has 2 unspecified atom stereocenters. The van der Waals surface area contributed by atoms with Crippen molar-refractivity contribution in [3.05, 3.63) is 16.1 Å². The molecule has 3 heteroatoms. The normalized spacial score (nSPS) is 26.1. The van der Waals surface area contributed by atoms with Gasteiger partial charge in [0.2, 0.25) is 0 Å². The number of nitrogens with one attached hydrogen (secondary N) is 1. The summed E-state index contributed by atoms with van der Waals surface area (Å²) in [6, 6.07) is 1.15. The molecule has 78 valence electrons. The zero-order chi connectivity index (χ0) is 10.3. The van der Waals surface area contributed by atoms with E-state index >= 15 is 0 Å². The van der Waals surface area contributed by atoms with Gasteiger partial charge in [-0.25, -0.2) is 4.98 Å². The first-order chi connectivity index (χ1) is 6.50. The molecule has 0 spiro atoms. The third-order valence-corrected chi connectivity index (χ3v) is 4.25. The molecule has 2 atom stereocenters. The van der Waals surface area contributed by atoms with E-state index in [2.05, 4.69) is 38.0 Å². The molecule has 1 aromatic rings. The Bertz CT molecular complexity index is 330. The third kappa shape index (κ3) is 1.84. The van der Waals surface area contributed by atoms with Gasteiger partial charge in [0.15, 0.2) is 0 Å². The molecule has 14 heavy (non-hydrogen) atoms. The van der Waals surface area contributed by atoms with Gasteiger partial charge in [-0.3, -0.25) is 0 Å². The lowest BCUT2D eigenvalue weighted by Crippen LogP contribution is -2.24. The van der Waals surface area contributed by atoms with Crippen LogP contribution in [-0.4, -0.2) is 11.0 Å². The van der Waals surface area contributed by atoms with Crippen LogP contribution >= 0.6 is 11.3 Å². The molecule has 1 heterocycles. The standard InChI is InChI=1S/C11H18N2S/c1-7-10(14-6-12-7)8(2)13-9-5-11(9,3)4/h6,8-9,13H,5H2,1-4H3. The number of thiazole rings is 1. The van der Waals surface area contributed by atoms with Crippen LogP contribution in [0.2, 0.25) is 0 Å². The minimum absolute atomic E-state index is 0.453. The molecule has 2 nitrogen and oxygen atoms in total. The zero-order valence-electron chi connectivity index (χ0n) is 9.29. The molecule has 1 N–H and O–H groups in total. The van der Waals surface area contributed by atoms with Crippen molar-refractivity contribution >= 4 is 11.3 Å². The van der Waals surface area contributed by atoms with Crippen LogP contribution in [0.25, 0.3) is 0 Å². The Morgan fingerprint density at radius 2 is 2.29 bits per heavy atom. The Labute approximate surface area is 89.8 Å². The van der Waals surface area contributed by atoms with Gasteiger partial charge in [0.25, 0.3) is 0 Å². The molecule has 1 fully saturated rings. The fourth-order valence-corrected chi connectivity index (χ4v) is 2.68. The highest BCUT2D eigenvalue weighted by atomic mass is 32.1. The smallest absolute Gasteiger partial charge is 0.0798 e. The number of rotatable bonds is 3. The summed E-state index contributed by atoms with van der Waals surface area (Å²) in [7, 11) is 0. The maximum atomic E-state index is 4.28. The molecule has 1 aliphatic carbocycles. The summed E-state index contributed by atoms with van der Waals surface area (Å²) in [5.74, 6) is 0.